The molecule has 2 rings (SSSR count). The molecule has 2 aliphatic heterocycles. The largest absolute Gasteiger partial charge is 0.343 e. The van der Waals surface area contributed by atoms with Crippen molar-refractivity contribution in [2.45, 2.75) is 32.6 Å². The van der Waals surface area contributed by atoms with E-state index in [-0.39, 0.29) is 0 Å². The zero-order valence-corrected chi connectivity index (χ0v) is 12.0. The normalized spacial score (nSPS) is 16.1. The fraction of sp³-hybridized carbons (Fsp3) is 0.538. The minimum atomic E-state index is 0.734. The van der Waals surface area contributed by atoms with E-state index in [4.69, 9.17) is 0 Å². The Kier molecular flexibility index (Phi) is 7.25. The molecular weight excluding hydrogens is 244 g/mol. The van der Waals surface area contributed by atoms with E-state index in [1.807, 2.05) is 24.3 Å². The van der Waals surface area contributed by atoms with E-state index < -0.39 is 0 Å². The standard InChI is InChI=1S/C7H8N4.C6H14S/c1-11-5-4-10-7(11)6-8-2-3-9-6;1-2-3-4-5-6-7/h2-5,10H,1H3;7H,2-6H2,1H3. The molecule has 0 aromatic rings. The second kappa shape index (κ2) is 8.80. The van der Waals surface area contributed by atoms with Crippen molar-refractivity contribution in [3.63, 3.8) is 0 Å². The van der Waals surface area contributed by atoms with Gasteiger partial charge in [0.15, 0.2) is 11.6 Å². The number of thiol groups is 1. The second-order valence-corrected chi connectivity index (χ2v) is 4.53. The molecule has 0 spiro atoms. The van der Waals surface area contributed by atoms with Crippen molar-refractivity contribution in [1.29, 1.82) is 0 Å². The van der Waals surface area contributed by atoms with Crippen LogP contribution in [-0.2, 0) is 0 Å². The highest BCUT2D eigenvalue weighted by Crippen LogP contribution is 2.14. The summed E-state index contributed by atoms with van der Waals surface area (Å²) in [5.41, 5.74) is 0. The van der Waals surface area contributed by atoms with Gasteiger partial charge in [0.05, 0.1) is 0 Å². The molecule has 0 fully saturated rings. The van der Waals surface area contributed by atoms with Crippen molar-refractivity contribution in [2.75, 3.05) is 12.8 Å². The molecular formula is C13H22N4S. The molecule has 0 radical (unpaired) electrons. The Morgan fingerprint density at radius 1 is 1.22 bits per heavy atom. The molecule has 0 bridgehead atoms. The SMILES string of the molecule is CCCCCCS.CN1C=CNC1=C1N=CC=N1. The lowest BCUT2D eigenvalue weighted by Crippen LogP contribution is -2.14. The molecule has 4 nitrogen and oxygen atoms in total. The zero-order chi connectivity index (χ0) is 13.2. The summed E-state index contributed by atoms with van der Waals surface area (Å²) in [6.07, 6.45) is 12.5. The lowest BCUT2D eigenvalue weighted by molar-refractivity contribution is 0.559. The summed E-state index contributed by atoms with van der Waals surface area (Å²) in [5, 5.41) is 3.05. The van der Waals surface area contributed by atoms with E-state index in [2.05, 4.69) is 34.9 Å². The van der Waals surface area contributed by atoms with Crippen LogP contribution < -0.4 is 5.32 Å². The molecule has 18 heavy (non-hydrogen) atoms. The van der Waals surface area contributed by atoms with Gasteiger partial charge in [0.25, 0.3) is 0 Å². The van der Waals surface area contributed by atoms with Gasteiger partial charge < -0.3 is 10.2 Å². The highest BCUT2D eigenvalue weighted by atomic mass is 32.1. The van der Waals surface area contributed by atoms with Crippen molar-refractivity contribution < 1.29 is 0 Å². The Labute approximate surface area is 115 Å². The Bertz CT molecular complexity index is 340. The minimum Gasteiger partial charge on any atom is -0.343 e. The van der Waals surface area contributed by atoms with Crippen molar-refractivity contribution in [3.05, 3.63) is 24.0 Å². The van der Waals surface area contributed by atoms with Crippen molar-refractivity contribution >= 4 is 25.1 Å². The molecule has 1 N–H and O–H groups in total. The van der Waals surface area contributed by atoms with Crippen LogP contribution in [0.25, 0.3) is 0 Å². The molecule has 0 unspecified atom stereocenters. The topological polar surface area (TPSA) is 40.0 Å². The van der Waals surface area contributed by atoms with Crippen LogP contribution in [0.2, 0.25) is 0 Å². The number of aliphatic imine (C=N–C) groups is 2. The van der Waals surface area contributed by atoms with Crippen LogP contribution in [0, 0.1) is 0 Å². The molecule has 0 atom stereocenters. The monoisotopic (exact) mass is 266 g/mol. The first-order valence-electron chi connectivity index (χ1n) is 6.37. The van der Waals surface area contributed by atoms with Gasteiger partial charge in [-0.05, 0) is 12.2 Å². The van der Waals surface area contributed by atoms with Crippen LogP contribution >= 0.6 is 12.6 Å². The molecule has 0 aromatic carbocycles. The molecule has 0 aromatic heterocycles. The molecule has 2 aliphatic rings. The minimum absolute atomic E-state index is 0.734. The number of unbranched alkanes of at least 4 members (excludes halogenated alkanes) is 3. The predicted octanol–water partition coefficient (Wildman–Crippen LogP) is 2.77. The van der Waals surface area contributed by atoms with Gasteiger partial charge in [0, 0.05) is 31.9 Å². The van der Waals surface area contributed by atoms with Gasteiger partial charge in [0.1, 0.15) is 0 Å². The molecule has 0 aliphatic carbocycles. The maximum Gasteiger partial charge on any atom is 0.193 e. The summed E-state index contributed by atoms with van der Waals surface area (Å²) in [7, 11) is 1.95. The van der Waals surface area contributed by atoms with Gasteiger partial charge in [-0.2, -0.15) is 12.6 Å². The highest BCUT2D eigenvalue weighted by molar-refractivity contribution is 7.80. The van der Waals surface area contributed by atoms with Crippen molar-refractivity contribution in [1.82, 2.24) is 10.2 Å². The van der Waals surface area contributed by atoms with Gasteiger partial charge in [0.2, 0.25) is 0 Å². The first-order chi connectivity index (χ1) is 8.79. The zero-order valence-electron chi connectivity index (χ0n) is 11.1. The first kappa shape index (κ1) is 14.8. The molecule has 100 valence electrons. The van der Waals surface area contributed by atoms with Crippen LogP contribution in [0.1, 0.15) is 32.6 Å². The van der Waals surface area contributed by atoms with Crippen LogP contribution in [0.4, 0.5) is 0 Å². The number of hydrogen-bond acceptors (Lipinski definition) is 5. The molecule has 0 saturated heterocycles. The fourth-order valence-corrected chi connectivity index (χ4v) is 1.75. The number of nitrogens with zero attached hydrogens (tertiary/aromatic N) is 3. The van der Waals surface area contributed by atoms with Crippen LogP contribution in [0.3, 0.4) is 0 Å². The fourth-order valence-electron chi connectivity index (χ4n) is 1.53. The Hall–Kier alpha value is -1.23. The molecule has 5 heteroatoms. The maximum absolute atomic E-state index is 4.09. The van der Waals surface area contributed by atoms with E-state index in [0.717, 1.165) is 17.4 Å². The summed E-state index contributed by atoms with van der Waals surface area (Å²) in [4.78, 5) is 10.1. The van der Waals surface area contributed by atoms with Gasteiger partial charge in [-0.3, -0.25) is 0 Å². The summed E-state index contributed by atoms with van der Waals surface area (Å²) >= 11 is 4.09. The van der Waals surface area contributed by atoms with Crippen LogP contribution in [-0.4, -0.2) is 30.1 Å². The predicted molar refractivity (Wildman–Crippen MR) is 82.0 cm³/mol. The second-order valence-electron chi connectivity index (χ2n) is 4.08. The summed E-state index contributed by atoms with van der Waals surface area (Å²) in [5.74, 6) is 2.72. The molecule has 2 heterocycles. The number of nitrogens with one attached hydrogen (secondary N) is 1. The number of rotatable bonds is 4. The highest BCUT2D eigenvalue weighted by Gasteiger charge is 2.12. The Balaban J connectivity index is 0.000000203. The average molecular weight is 266 g/mol. The van der Waals surface area contributed by atoms with Gasteiger partial charge in [-0.15, -0.1) is 0 Å². The van der Waals surface area contributed by atoms with E-state index in [1.165, 1.54) is 25.7 Å². The van der Waals surface area contributed by atoms with E-state index in [0.29, 0.717) is 0 Å². The quantitative estimate of drug-likeness (QED) is 0.607. The van der Waals surface area contributed by atoms with Crippen LogP contribution in [0.15, 0.2) is 34.0 Å². The van der Waals surface area contributed by atoms with Gasteiger partial charge in [-0.25, -0.2) is 9.98 Å². The molecule has 0 amide bonds. The lowest BCUT2D eigenvalue weighted by Gasteiger charge is -2.10. The Morgan fingerprint density at radius 2 is 1.94 bits per heavy atom. The smallest absolute Gasteiger partial charge is 0.193 e. The maximum atomic E-state index is 4.09. The summed E-state index contributed by atoms with van der Waals surface area (Å²) < 4.78 is 0. The van der Waals surface area contributed by atoms with Gasteiger partial charge >= 0.3 is 0 Å². The van der Waals surface area contributed by atoms with E-state index in [1.54, 1.807) is 12.4 Å². The van der Waals surface area contributed by atoms with Crippen LogP contribution in [0.5, 0.6) is 0 Å². The van der Waals surface area contributed by atoms with E-state index >= 15 is 0 Å². The van der Waals surface area contributed by atoms with Crippen molar-refractivity contribution in [3.8, 4) is 0 Å². The lowest BCUT2D eigenvalue weighted by atomic mass is 10.2. The third-order valence-corrected chi connectivity index (χ3v) is 2.87. The van der Waals surface area contributed by atoms with E-state index in [9.17, 15) is 0 Å². The average Bonchev–Trinajstić information content (AvgIpc) is 3.01. The summed E-state index contributed by atoms with van der Waals surface area (Å²) in [6.45, 7) is 2.22. The summed E-state index contributed by atoms with van der Waals surface area (Å²) in [6, 6.07) is 0. The third-order valence-electron chi connectivity index (χ3n) is 2.55. The third kappa shape index (κ3) is 4.96. The Morgan fingerprint density at radius 3 is 2.44 bits per heavy atom. The molecule has 0 saturated carbocycles. The van der Waals surface area contributed by atoms with Crippen molar-refractivity contribution in [2.24, 2.45) is 9.98 Å². The van der Waals surface area contributed by atoms with Gasteiger partial charge in [-0.1, -0.05) is 26.2 Å². The number of hydrogen-bond donors (Lipinski definition) is 2. The first-order valence-corrected chi connectivity index (χ1v) is 7.00.